The Bertz CT molecular complexity index is 1160. The topological polar surface area (TPSA) is 102 Å². The summed E-state index contributed by atoms with van der Waals surface area (Å²) in [5.41, 5.74) is 1.63. The van der Waals surface area contributed by atoms with E-state index in [0.29, 0.717) is 18.1 Å². The molecule has 1 N–H and O–H groups in total. The maximum atomic E-state index is 12.9. The zero-order valence-corrected chi connectivity index (χ0v) is 16.2. The van der Waals surface area contributed by atoms with Crippen molar-refractivity contribution >= 4 is 28.3 Å². The standard InChI is InChI=1S/C21H20N8O/c30-21(25-17-10-15-4-1-2-6-18(15)23-11-17)16-5-3-9-28(12-16)19-7-8-20(27-26-19)29-14-22-13-24-29/h1-2,4,6-8,10-11,13-14,16H,3,5,9,12H2,(H,25,30). The van der Waals surface area contributed by atoms with Crippen LogP contribution >= 0.6 is 0 Å². The largest absolute Gasteiger partial charge is 0.354 e. The van der Waals surface area contributed by atoms with Gasteiger partial charge < -0.3 is 10.2 Å². The maximum absolute atomic E-state index is 12.9. The Morgan fingerprint density at radius 3 is 2.80 bits per heavy atom. The zero-order chi connectivity index (χ0) is 20.3. The van der Waals surface area contributed by atoms with Crippen LogP contribution in [0.15, 0.2) is 61.3 Å². The van der Waals surface area contributed by atoms with E-state index in [9.17, 15) is 4.79 Å². The average molecular weight is 400 g/mol. The van der Waals surface area contributed by atoms with Gasteiger partial charge in [0, 0.05) is 18.5 Å². The number of piperidine rings is 1. The molecule has 5 rings (SSSR count). The molecule has 9 nitrogen and oxygen atoms in total. The number of hydrogen-bond acceptors (Lipinski definition) is 7. The molecule has 30 heavy (non-hydrogen) atoms. The van der Waals surface area contributed by atoms with E-state index >= 15 is 0 Å². The Hall–Kier alpha value is -3.88. The van der Waals surface area contributed by atoms with Gasteiger partial charge in [-0.05, 0) is 37.1 Å². The predicted octanol–water partition coefficient (Wildman–Crippen LogP) is 2.46. The van der Waals surface area contributed by atoms with Gasteiger partial charge in [-0.2, -0.15) is 5.10 Å². The predicted molar refractivity (Wildman–Crippen MR) is 112 cm³/mol. The second kappa shape index (κ2) is 7.86. The van der Waals surface area contributed by atoms with Crippen molar-refractivity contribution in [1.29, 1.82) is 0 Å². The number of benzene rings is 1. The Balaban J connectivity index is 1.26. The van der Waals surface area contributed by atoms with E-state index < -0.39 is 0 Å². The van der Waals surface area contributed by atoms with Gasteiger partial charge in [-0.25, -0.2) is 9.67 Å². The highest BCUT2D eigenvalue weighted by Crippen LogP contribution is 2.23. The number of anilines is 2. The second-order valence-electron chi connectivity index (χ2n) is 7.28. The van der Waals surface area contributed by atoms with E-state index in [2.05, 4.69) is 35.5 Å². The third-order valence-corrected chi connectivity index (χ3v) is 5.26. The van der Waals surface area contributed by atoms with Crippen LogP contribution in [-0.2, 0) is 4.79 Å². The summed E-state index contributed by atoms with van der Waals surface area (Å²) in [6.45, 7) is 1.45. The number of aromatic nitrogens is 6. The molecule has 1 aromatic carbocycles. The minimum atomic E-state index is -0.123. The Morgan fingerprint density at radius 2 is 1.97 bits per heavy atom. The molecule has 0 aliphatic carbocycles. The number of nitrogens with one attached hydrogen (secondary N) is 1. The fraction of sp³-hybridized carbons (Fsp3) is 0.238. The normalized spacial score (nSPS) is 16.5. The van der Waals surface area contributed by atoms with Crippen LogP contribution in [0.4, 0.5) is 11.5 Å². The van der Waals surface area contributed by atoms with Crippen LogP contribution in [0.25, 0.3) is 16.7 Å². The quantitative estimate of drug-likeness (QED) is 0.561. The van der Waals surface area contributed by atoms with Gasteiger partial charge in [0.2, 0.25) is 5.91 Å². The molecule has 1 aliphatic heterocycles. The summed E-state index contributed by atoms with van der Waals surface area (Å²) in [6.07, 6.45) is 6.49. The van der Waals surface area contributed by atoms with Crippen molar-refractivity contribution in [3.8, 4) is 5.82 Å². The molecule has 1 unspecified atom stereocenters. The fourth-order valence-electron chi connectivity index (χ4n) is 3.72. The smallest absolute Gasteiger partial charge is 0.229 e. The first-order chi connectivity index (χ1) is 14.8. The van der Waals surface area contributed by atoms with Crippen molar-refractivity contribution in [2.75, 3.05) is 23.3 Å². The van der Waals surface area contributed by atoms with Crippen molar-refractivity contribution < 1.29 is 4.79 Å². The number of pyridine rings is 1. The first-order valence-electron chi connectivity index (χ1n) is 9.85. The van der Waals surface area contributed by atoms with Crippen LogP contribution in [-0.4, -0.2) is 48.9 Å². The SMILES string of the molecule is O=C(Nc1cnc2ccccc2c1)C1CCCN(c2ccc(-n3cncn3)nn2)C1. The lowest BCUT2D eigenvalue weighted by Crippen LogP contribution is -2.41. The van der Waals surface area contributed by atoms with Gasteiger partial charge in [0.05, 0.1) is 23.3 Å². The monoisotopic (exact) mass is 400 g/mol. The summed E-state index contributed by atoms with van der Waals surface area (Å²) in [4.78, 5) is 23.3. The highest BCUT2D eigenvalue weighted by atomic mass is 16.1. The Morgan fingerprint density at radius 1 is 1.10 bits per heavy atom. The number of fused-ring (bicyclic) bond motifs is 1. The molecule has 1 fully saturated rings. The summed E-state index contributed by atoms with van der Waals surface area (Å²) in [5.74, 6) is 1.24. The van der Waals surface area contributed by atoms with Gasteiger partial charge in [0.25, 0.3) is 0 Å². The summed E-state index contributed by atoms with van der Waals surface area (Å²) in [6, 6.07) is 13.6. The highest BCUT2D eigenvalue weighted by Gasteiger charge is 2.27. The molecule has 4 aromatic rings. The van der Waals surface area contributed by atoms with Crippen LogP contribution in [0.5, 0.6) is 0 Å². The molecule has 0 radical (unpaired) electrons. The van der Waals surface area contributed by atoms with Crippen LogP contribution in [0.1, 0.15) is 12.8 Å². The molecule has 0 bridgehead atoms. The first kappa shape index (κ1) is 18.2. The van der Waals surface area contributed by atoms with Gasteiger partial charge in [0.1, 0.15) is 12.7 Å². The number of hydrogen-bond donors (Lipinski definition) is 1. The third kappa shape index (κ3) is 3.69. The molecule has 1 atom stereocenters. The lowest BCUT2D eigenvalue weighted by Gasteiger charge is -2.32. The summed E-state index contributed by atoms with van der Waals surface area (Å²) in [7, 11) is 0. The first-order valence-corrected chi connectivity index (χ1v) is 9.85. The number of amides is 1. The van der Waals surface area contributed by atoms with Gasteiger partial charge in [-0.15, -0.1) is 10.2 Å². The van der Waals surface area contributed by atoms with Gasteiger partial charge in [-0.1, -0.05) is 18.2 Å². The van der Waals surface area contributed by atoms with E-state index in [0.717, 1.165) is 36.1 Å². The minimum absolute atomic E-state index is 0.00368. The summed E-state index contributed by atoms with van der Waals surface area (Å²) in [5, 5.41) is 16.6. The van der Waals surface area contributed by atoms with Gasteiger partial charge >= 0.3 is 0 Å². The molecule has 1 amide bonds. The molecule has 3 aromatic heterocycles. The van der Waals surface area contributed by atoms with E-state index in [1.807, 2.05) is 42.5 Å². The summed E-state index contributed by atoms with van der Waals surface area (Å²) >= 11 is 0. The molecule has 0 saturated carbocycles. The van der Waals surface area contributed by atoms with Crippen LogP contribution < -0.4 is 10.2 Å². The number of nitrogens with zero attached hydrogens (tertiary/aromatic N) is 7. The fourth-order valence-corrected chi connectivity index (χ4v) is 3.72. The van der Waals surface area contributed by atoms with E-state index in [4.69, 9.17) is 0 Å². The molecular formula is C21H20N8O. The minimum Gasteiger partial charge on any atom is -0.354 e. The number of carbonyl (C=O) groups excluding carboxylic acids is 1. The molecule has 4 heterocycles. The third-order valence-electron chi connectivity index (χ3n) is 5.26. The van der Waals surface area contributed by atoms with Crippen LogP contribution in [0.3, 0.4) is 0 Å². The van der Waals surface area contributed by atoms with E-state index in [-0.39, 0.29) is 11.8 Å². The average Bonchev–Trinajstić information content (AvgIpc) is 3.34. The second-order valence-corrected chi connectivity index (χ2v) is 7.28. The van der Waals surface area contributed by atoms with E-state index in [1.165, 1.54) is 6.33 Å². The zero-order valence-electron chi connectivity index (χ0n) is 16.2. The lowest BCUT2D eigenvalue weighted by atomic mass is 9.97. The molecular weight excluding hydrogens is 380 g/mol. The van der Waals surface area contributed by atoms with Gasteiger partial charge in [-0.3, -0.25) is 9.78 Å². The van der Waals surface area contributed by atoms with Crippen molar-refractivity contribution in [3.63, 3.8) is 0 Å². The van der Waals surface area contributed by atoms with Crippen LogP contribution in [0.2, 0.25) is 0 Å². The number of rotatable bonds is 4. The molecule has 0 spiro atoms. The Labute approximate surface area is 172 Å². The van der Waals surface area contributed by atoms with Crippen molar-refractivity contribution in [2.45, 2.75) is 12.8 Å². The van der Waals surface area contributed by atoms with Gasteiger partial charge in [0.15, 0.2) is 11.6 Å². The van der Waals surface area contributed by atoms with E-state index in [1.54, 1.807) is 17.2 Å². The molecule has 150 valence electrons. The Kier molecular flexibility index (Phi) is 4.76. The maximum Gasteiger partial charge on any atom is 0.229 e. The van der Waals surface area contributed by atoms with Crippen molar-refractivity contribution in [2.24, 2.45) is 5.92 Å². The molecule has 1 saturated heterocycles. The molecule has 1 aliphatic rings. The van der Waals surface area contributed by atoms with Crippen molar-refractivity contribution in [3.05, 3.63) is 61.3 Å². The number of para-hydroxylation sites is 1. The highest BCUT2D eigenvalue weighted by molar-refractivity contribution is 5.94. The lowest BCUT2D eigenvalue weighted by molar-refractivity contribution is -0.120. The molecule has 9 heteroatoms. The summed E-state index contributed by atoms with van der Waals surface area (Å²) < 4.78 is 1.56. The van der Waals surface area contributed by atoms with Crippen LogP contribution in [0, 0.1) is 5.92 Å². The number of carbonyl (C=O) groups is 1. The van der Waals surface area contributed by atoms with Crippen molar-refractivity contribution in [1.82, 2.24) is 29.9 Å².